The predicted octanol–water partition coefficient (Wildman–Crippen LogP) is 1.43. The second-order valence-electron chi connectivity index (χ2n) is 4.16. The summed E-state index contributed by atoms with van der Waals surface area (Å²) in [5.41, 5.74) is 1.23. The van der Waals surface area contributed by atoms with Crippen LogP contribution >= 0.6 is 11.3 Å². The van der Waals surface area contributed by atoms with Crippen LogP contribution in [0.2, 0.25) is 0 Å². The molecule has 17 heavy (non-hydrogen) atoms. The highest BCUT2D eigenvalue weighted by Gasteiger charge is 2.25. The van der Waals surface area contributed by atoms with Crippen molar-refractivity contribution in [1.29, 1.82) is 0 Å². The molecule has 0 saturated carbocycles. The van der Waals surface area contributed by atoms with E-state index in [4.69, 9.17) is 9.47 Å². The molecule has 0 N–H and O–H groups in total. The Bertz CT molecular complexity index is 385. The molecule has 2 heterocycles. The van der Waals surface area contributed by atoms with Gasteiger partial charge in [0, 0.05) is 11.9 Å². The summed E-state index contributed by atoms with van der Waals surface area (Å²) in [6.45, 7) is 4.15. The first-order valence-corrected chi connectivity index (χ1v) is 6.53. The maximum atomic E-state index is 12.1. The standard InChI is InChI=1S/C12H17NO3S/c1-9-3-6-17-11(9)7-13(2)12(14)10-8-15-4-5-16-10/h3,6,10H,4-5,7-8H2,1-2H3/t10-/m1/s1. The van der Waals surface area contributed by atoms with Gasteiger partial charge in [0.1, 0.15) is 0 Å². The molecule has 1 saturated heterocycles. The van der Waals surface area contributed by atoms with E-state index < -0.39 is 6.10 Å². The molecule has 1 amide bonds. The average Bonchev–Trinajstić information content (AvgIpc) is 2.75. The van der Waals surface area contributed by atoms with Crippen molar-refractivity contribution in [3.05, 3.63) is 21.9 Å². The van der Waals surface area contributed by atoms with Crippen LogP contribution in [0, 0.1) is 6.92 Å². The van der Waals surface area contributed by atoms with Crippen LogP contribution in [0.5, 0.6) is 0 Å². The molecule has 1 aliphatic heterocycles. The minimum Gasteiger partial charge on any atom is -0.376 e. The third-order valence-corrected chi connectivity index (χ3v) is 3.82. The fourth-order valence-electron chi connectivity index (χ4n) is 1.74. The lowest BCUT2D eigenvalue weighted by molar-refractivity contribution is -0.157. The number of rotatable bonds is 3. The van der Waals surface area contributed by atoms with Crippen molar-refractivity contribution >= 4 is 17.2 Å². The molecule has 1 aromatic rings. The van der Waals surface area contributed by atoms with Crippen molar-refractivity contribution in [3.63, 3.8) is 0 Å². The Labute approximate surface area is 105 Å². The SMILES string of the molecule is Cc1ccsc1CN(C)C(=O)[C@H]1COCCO1. The summed E-state index contributed by atoms with van der Waals surface area (Å²) < 4.78 is 10.6. The Morgan fingerprint density at radius 1 is 1.59 bits per heavy atom. The van der Waals surface area contributed by atoms with E-state index in [0.29, 0.717) is 26.4 Å². The minimum atomic E-state index is -0.436. The third-order valence-electron chi connectivity index (χ3n) is 2.82. The number of nitrogens with zero attached hydrogens (tertiary/aromatic N) is 1. The summed E-state index contributed by atoms with van der Waals surface area (Å²) in [5, 5.41) is 2.04. The quantitative estimate of drug-likeness (QED) is 0.820. The monoisotopic (exact) mass is 255 g/mol. The van der Waals surface area contributed by atoms with Gasteiger partial charge in [-0.1, -0.05) is 0 Å². The van der Waals surface area contributed by atoms with Crippen molar-refractivity contribution in [2.24, 2.45) is 0 Å². The lowest BCUT2D eigenvalue weighted by atomic mass is 10.2. The molecule has 2 rings (SSSR count). The molecule has 94 valence electrons. The Morgan fingerprint density at radius 2 is 2.41 bits per heavy atom. The summed E-state index contributed by atoms with van der Waals surface area (Å²) in [6.07, 6.45) is -0.436. The third kappa shape index (κ3) is 3.06. The zero-order valence-electron chi connectivity index (χ0n) is 10.1. The normalized spacial score (nSPS) is 20.2. The number of amides is 1. The number of likely N-dealkylation sites (N-methyl/N-ethyl adjacent to an activating group) is 1. The van der Waals surface area contributed by atoms with Gasteiger partial charge in [0.15, 0.2) is 6.10 Å². The van der Waals surface area contributed by atoms with Crippen LogP contribution in [0.3, 0.4) is 0 Å². The van der Waals surface area contributed by atoms with Gasteiger partial charge in [-0.2, -0.15) is 0 Å². The Balaban J connectivity index is 1.93. The molecule has 0 aromatic carbocycles. The molecule has 1 atom stereocenters. The van der Waals surface area contributed by atoms with Crippen LogP contribution in [0.1, 0.15) is 10.4 Å². The number of carbonyl (C=O) groups excluding carboxylic acids is 1. The van der Waals surface area contributed by atoms with E-state index in [2.05, 4.69) is 13.0 Å². The maximum absolute atomic E-state index is 12.1. The molecule has 0 radical (unpaired) electrons. The van der Waals surface area contributed by atoms with Crippen molar-refractivity contribution < 1.29 is 14.3 Å². The molecule has 0 bridgehead atoms. The van der Waals surface area contributed by atoms with Gasteiger partial charge >= 0.3 is 0 Å². The Morgan fingerprint density at radius 3 is 3.00 bits per heavy atom. The second kappa shape index (κ2) is 5.62. The number of hydrogen-bond donors (Lipinski definition) is 0. The van der Waals surface area contributed by atoms with Gasteiger partial charge in [0.25, 0.3) is 5.91 Å². The first kappa shape index (κ1) is 12.5. The Hall–Kier alpha value is -0.910. The summed E-state index contributed by atoms with van der Waals surface area (Å²) in [5.74, 6) is -0.00231. The van der Waals surface area contributed by atoms with Crippen LogP contribution < -0.4 is 0 Å². The van der Waals surface area contributed by atoms with E-state index in [9.17, 15) is 4.79 Å². The van der Waals surface area contributed by atoms with Crippen molar-refractivity contribution in [2.75, 3.05) is 26.9 Å². The summed E-state index contributed by atoms with van der Waals surface area (Å²) in [6, 6.07) is 2.07. The second-order valence-corrected chi connectivity index (χ2v) is 5.16. The number of ether oxygens (including phenoxy) is 2. The van der Waals surface area contributed by atoms with Crippen molar-refractivity contribution in [2.45, 2.75) is 19.6 Å². The highest BCUT2D eigenvalue weighted by molar-refractivity contribution is 7.10. The van der Waals surface area contributed by atoms with Crippen LogP contribution in [0.25, 0.3) is 0 Å². The van der Waals surface area contributed by atoms with Crippen LogP contribution in [-0.4, -0.2) is 43.8 Å². The van der Waals surface area contributed by atoms with E-state index in [1.165, 1.54) is 10.4 Å². The van der Waals surface area contributed by atoms with Gasteiger partial charge in [0.05, 0.1) is 26.4 Å². The Kier molecular flexibility index (Phi) is 4.15. The van der Waals surface area contributed by atoms with Gasteiger partial charge in [-0.25, -0.2) is 0 Å². The van der Waals surface area contributed by atoms with E-state index in [1.807, 2.05) is 5.38 Å². The van der Waals surface area contributed by atoms with Gasteiger partial charge in [0.2, 0.25) is 0 Å². The smallest absolute Gasteiger partial charge is 0.254 e. The van der Waals surface area contributed by atoms with E-state index in [0.717, 1.165) is 0 Å². The average molecular weight is 255 g/mol. The number of thiophene rings is 1. The molecular formula is C12H17NO3S. The zero-order chi connectivity index (χ0) is 12.3. The molecule has 4 nitrogen and oxygen atoms in total. The molecule has 0 unspecified atom stereocenters. The maximum Gasteiger partial charge on any atom is 0.254 e. The number of aryl methyl sites for hydroxylation is 1. The van der Waals surface area contributed by atoms with Gasteiger partial charge in [-0.05, 0) is 23.9 Å². The molecular weight excluding hydrogens is 238 g/mol. The van der Waals surface area contributed by atoms with E-state index in [-0.39, 0.29) is 5.91 Å². The van der Waals surface area contributed by atoms with E-state index in [1.54, 1.807) is 23.3 Å². The van der Waals surface area contributed by atoms with E-state index >= 15 is 0 Å². The van der Waals surface area contributed by atoms with Crippen LogP contribution in [0.15, 0.2) is 11.4 Å². The molecule has 1 aliphatic rings. The first-order valence-electron chi connectivity index (χ1n) is 5.66. The lowest BCUT2D eigenvalue weighted by Gasteiger charge is -2.26. The fourth-order valence-corrected chi connectivity index (χ4v) is 2.69. The highest BCUT2D eigenvalue weighted by atomic mass is 32.1. The fraction of sp³-hybridized carbons (Fsp3) is 0.583. The van der Waals surface area contributed by atoms with Gasteiger partial charge in [-0.3, -0.25) is 4.79 Å². The predicted molar refractivity (Wildman–Crippen MR) is 66.1 cm³/mol. The highest BCUT2D eigenvalue weighted by Crippen LogP contribution is 2.18. The summed E-state index contributed by atoms with van der Waals surface area (Å²) in [4.78, 5) is 15.0. The van der Waals surface area contributed by atoms with Crippen LogP contribution in [0.4, 0.5) is 0 Å². The first-order chi connectivity index (χ1) is 8.18. The summed E-state index contributed by atoms with van der Waals surface area (Å²) in [7, 11) is 1.81. The van der Waals surface area contributed by atoms with Crippen molar-refractivity contribution in [1.82, 2.24) is 4.90 Å². The largest absolute Gasteiger partial charge is 0.376 e. The van der Waals surface area contributed by atoms with Gasteiger partial charge in [-0.15, -0.1) is 11.3 Å². The molecule has 0 aliphatic carbocycles. The molecule has 0 spiro atoms. The molecule has 5 heteroatoms. The zero-order valence-corrected chi connectivity index (χ0v) is 11.0. The molecule has 1 fully saturated rings. The van der Waals surface area contributed by atoms with Crippen LogP contribution in [-0.2, 0) is 20.8 Å². The summed E-state index contributed by atoms with van der Waals surface area (Å²) >= 11 is 1.68. The van der Waals surface area contributed by atoms with Gasteiger partial charge < -0.3 is 14.4 Å². The number of hydrogen-bond acceptors (Lipinski definition) is 4. The van der Waals surface area contributed by atoms with Crippen molar-refractivity contribution in [3.8, 4) is 0 Å². The molecule has 1 aromatic heterocycles. The topological polar surface area (TPSA) is 38.8 Å². The lowest BCUT2D eigenvalue weighted by Crippen LogP contribution is -2.43. The number of carbonyl (C=O) groups is 1. The minimum absolute atomic E-state index is 0.00231.